The zero-order valence-electron chi connectivity index (χ0n) is 17.3. The Balaban J connectivity index is 1.78. The van der Waals surface area contributed by atoms with Crippen LogP contribution in [0.3, 0.4) is 0 Å². The Morgan fingerprint density at radius 1 is 1.13 bits per heavy atom. The van der Waals surface area contributed by atoms with Crippen LogP contribution in [0.4, 0.5) is 5.82 Å². The second-order valence-corrected chi connectivity index (χ2v) is 8.59. The molecule has 0 fully saturated rings. The number of allylic oxidation sites excluding steroid dienone is 3. The average Bonchev–Trinajstić information content (AvgIpc) is 2.69. The molecule has 0 radical (unpaired) electrons. The Morgan fingerprint density at radius 2 is 1.87 bits per heavy atom. The van der Waals surface area contributed by atoms with Gasteiger partial charge in [0.25, 0.3) is 5.91 Å². The number of Topliss-reactive ketones (excluding diaryl/α,β-unsaturated/α-hetero) is 1. The number of rotatable bonds is 3. The van der Waals surface area contributed by atoms with Crippen molar-refractivity contribution in [3.8, 4) is 0 Å². The van der Waals surface area contributed by atoms with E-state index in [0.29, 0.717) is 28.4 Å². The largest absolute Gasteiger partial charge is 0.362 e. The molecule has 30 heavy (non-hydrogen) atoms. The van der Waals surface area contributed by atoms with Crippen molar-refractivity contribution in [2.24, 2.45) is 5.92 Å². The molecule has 2 aromatic rings. The minimum Gasteiger partial charge on any atom is -0.362 e. The standard InChI is InChI=1S/C24H24ClN3O2/c1-13-4-9-20(26-12-13)28-24(30)21-15(3)27-18-10-14(2)11-19(29)23(18)22(21)16-5-7-17(25)8-6-16/h4-9,12,14,22,27H,10-11H2,1-3H3,(H,26,28,30)/t14-,22-/m1/s1. The smallest absolute Gasteiger partial charge is 0.255 e. The molecule has 0 saturated heterocycles. The first-order valence-electron chi connectivity index (χ1n) is 10.1. The molecule has 4 rings (SSSR count). The van der Waals surface area contributed by atoms with Crippen LogP contribution in [0.5, 0.6) is 0 Å². The number of hydrogen-bond acceptors (Lipinski definition) is 4. The fourth-order valence-electron chi connectivity index (χ4n) is 4.25. The van der Waals surface area contributed by atoms with Crippen molar-refractivity contribution < 1.29 is 9.59 Å². The maximum Gasteiger partial charge on any atom is 0.255 e. The molecular weight excluding hydrogens is 398 g/mol. The van der Waals surface area contributed by atoms with Gasteiger partial charge in [0.2, 0.25) is 0 Å². The number of halogens is 1. The van der Waals surface area contributed by atoms with Gasteiger partial charge in [0.15, 0.2) is 5.78 Å². The van der Waals surface area contributed by atoms with Crippen LogP contribution < -0.4 is 10.6 Å². The summed E-state index contributed by atoms with van der Waals surface area (Å²) in [6.45, 7) is 5.90. The van der Waals surface area contributed by atoms with Gasteiger partial charge in [-0.25, -0.2) is 4.98 Å². The van der Waals surface area contributed by atoms with Crippen LogP contribution in [0.1, 0.15) is 43.7 Å². The Morgan fingerprint density at radius 3 is 2.53 bits per heavy atom. The van der Waals surface area contributed by atoms with E-state index in [1.54, 1.807) is 24.4 Å². The number of anilines is 1. The molecule has 0 spiro atoms. The summed E-state index contributed by atoms with van der Waals surface area (Å²) >= 11 is 6.09. The highest BCUT2D eigenvalue weighted by atomic mass is 35.5. The molecule has 0 bridgehead atoms. The van der Waals surface area contributed by atoms with Gasteiger partial charge in [-0.05, 0) is 55.5 Å². The monoisotopic (exact) mass is 421 g/mol. The summed E-state index contributed by atoms with van der Waals surface area (Å²) in [5, 5.41) is 6.85. The predicted octanol–water partition coefficient (Wildman–Crippen LogP) is 4.90. The number of amides is 1. The molecule has 2 atom stereocenters. The van der Waals surface area contributed by atoms with E-state index in [2.05, 4.69) is 22.5 Å². The third kappa shape index (κ3) is 3.90. The fraction of sp³-hybridized carbons (Fsp3) is 0.292. The first kappa shape index (κ1) is 20.4. The van der Waals surface area contributed by atoms with Gasteiger partial charge < -0.3 is 10.6 Å². The Bertz CT molecular complexity index is 1070. The lowest BCUT2D eigenvalue weighted by atomic mass is 9.73. The second-order valence-electron chi connectivity index (χ2n) is 8.15. The third-order valence-corrected chi connectivity index (χ3v) is 5.88. The molecule has 0 saturated carbocycles. The van der Waals surface area contributed by atoms with Gasteiger partial charge in [-0.15, -0.1) is 0 Å². The third-order valence-electron chi connectivity index (χ3n) is 5.63. The van der Waals surface area contributed by atoms with Crippen LogP contribution in [-0.2, 0) is 9.59 Å². The van der Waals surface area contributed by atoms with Crippen molar-refractivity contribution in [3.63, 3.8) is 0 Å². The zero-order chi connectivity index (χ0) is 21.4. The van der Waals surface area contributed by atoms with E-state index in [4.69, 9.17) is 11.6 Å². The number of aromatic nitrogens is 1. The number of benzene rings is 1. The lowest BCUT2D eigenvalue weighted by Crippen LogP contribution is -2.37. The Labute approximate surface area is 181 Å². The average molecular weight is 422 g/mol. The summed E-state index contributed by atoms with van der Waals surface area (Å²) in [5.74, 6) is 0.124. The molecule has 5 nitrogen and oxygen atoms in total. The predicted molar refractivity (Wildman–Crippen MR) is 118 cm³/mol. The quantitative estimate of drug-likeness (QED) is 0.739. The molecule has 154 valence electrons. The summed E-state index contributed by atoms with van der Waals surface area (Å²) < 4.78 is 0. The van der Waals surface area contributed by atoms with Gasteiger partial charge in [0.1, 0.15) is 5.82 Å². The number of hydrogen-bond donors (Lipinski definition) is 2. The number of carbonyl (C=O) groups is 2. The summed E-state index contributed by atoms with van der Waals surface area (Å²) in [6.07, 6.45) is 2.98. The molecule has 2 N–H and O–H groups in total. The molecule has 2 heterocycles. The van der Waals surface area contributed by atoms with Crippen LogP contribution in [0.2, 0.25) is 5.02 Å². The highest BCUT2D eigenvalue weighted by Gasteiger charge is 2.39. The molecule has 1 aromatic carbocycles. The van der Waals surface area contributed by atoms with E-state index in [-0.39, 0.29) is 17.6 Å². The SMILES string of the molecule is CC1=C(C(=O)Nc2ccc(C)cn2)[C@@H](c2ccc(Cl)cc2)C2=C(C[C@@H](C)CC2=O)N1. The van der Waals surface area contributed by atoms with Crippen LogP contribution >= 0.6 is 11.6 Å². The molecule has 0 unspecified atom stereocenters. The van der Waals surface area contributed by atoms with Gasteiger partial charge in [-0.1, -0.05) is 36.7 Å². The van der Waals surface area contributed by atoms with Crippen LogP contribution in [0.15, 0.2) is 65.1 Å². The van der Waals surface area contributed by atoms with E-state index in [1.165, 1.54) is 0 Å². The second kappa shape index (κ2) is 8.07. The van der Waals surface area contributed by atoms with Crippen LogP contribution in [0, 0.1) is 12.8 Å². The van der Waals surface area contributed by atoms with Crippen molar-refractivity contribution in [2.45, 2.75) is 39.5 Å². The van der Waals surface area contributed by atoms with Crippen molar-refractivity contribution in [1.82, 2.24) is 10.3 Å². The number of nitrogens with one attached hydrogen (secondary N) is 2. The number of dihydropyridines is 1. The summed E-state index contributed by atoms with van der Waals surface area (Å²) in [7, 11) is 0. The lowest BCUT2D eigenvalue weighted by molar-refractivity contribution is -0.117. The molecule has 1 amide bonds. The van der Waals surface area contributed by atoms with E-state index in [9.17, 15) is 9.59 Å². The van der Waals surface area contributed by atoms with Crippen molar-refractivity contribution in [1.29, 1.82) is 0 Å². The van der Waals surface area contributed by atoms with Gasteiger partial charge in [0, 0.05) is 46.1 Å². The number of ketones is 1. The first-order valence-corrected chi connectivity index (χ1v) is 10.4. The fourth-order valence-corrected chi connectivity index (χ4v) is 4.37. The number of nitrogens with zero attached hydrogens (tertiary/aromatic N) is 1. The van der Waals surface area contributed by atoms with Crippen molar-refractivity contribution in [2.75, 3.05) is 5.32 Å². The van der Waals surface area contributed by atoms with Crippen LogP contribution in [-0.4, -0.2) is 16.7 Å². The molecule has 1 aliphatic heterocycles. The first-order chi connectivity index (χ1) is 14.3. The highest BCUT2D eigenvalue weighted by molar-refractivity contribution is 6.30. The van der Waals surface area contributed by atoms with E-state index >= 15 is 0 Å². The zero-order valence-corrected chi connectivity index (χ0v) is 18.0. The Kier molecular flexibility index (Phi) is 5.48. The lowest BCUT2D eigenvalue weighted by Gasteiger charge is -2.36. The molecular formula is C24H24ClN3O2. The van der Waals surface area contributed by atoms with Crippen molar-refractivity contribution in [3.05, 3.63) is 81.3 Å². The van der Waals surface area contributed by atoms with E-state index in [1.807, 2.05) is 32.0 Å². The minimum absolute atomic E-state index is 0.0856. The molecule has 6 heteroatoms. The van der Waals surface area contributed by atoms with E-state index < -0.39 is 5.92 Å². The summed E-state index contributed by atoms with van der Waals surface area (Å²) in [4.78, 5) is 30.7. The number of carbonyl (C=O) groups excluding carboxylic acids is 2. The van der Waals surface area contributed by atoms with E-state index in [0.717, 1.165) is 28.9 Å². The normalized spacial score (nSPS) is 21.3. The van der Waals surface area contributed by atoms with Crippen molar-refractivity contribution >= 4 is 29.1 Å². The summed E-state index contributed by atoms with van der Waals surface area (Å²) in [5.41, 5.74) is 4.77. The topological polar surface area (TPSA) is 71.1 Å². The highest BCUT2D eigenvalue weighted by Crippen LogP contribution is 2.43. The maximum absolute atomic E-state index is 13.4. The molecule has 2 aliphatic rings. The van der Waals surface area contributed by atoms with Gasteiger partial charge in [0.05, 0.1) is 0 Å². The summed E-state index contributed by atoms with van der Waals surface area (Å²) in [6, 6.07) is 11.0. The number of aryl methyl sites for hydroxylation is 1. The van der Waals surface area contributed by atoms with Crippen LogP contribution in [0.25, 0.3) is 0 Å². The van der Waals surface area contributed by atoms with Gasteiger partial charge in [-0.2, -0.15) is 0 Å². The number of pyridine rings is 1. The maximum atomic E-state index is 13.4. The Hall–Kier alpha value is -2.92. The van der Waals surface area contributed by atoms with Gasteiger partial charge >= 0.3 is 0 Å². The molecule has 1 aliphatic carbocycles. The van der Waals surface area contributed by atoms with Gasteiger partial charge in [-0.3, -0.25) is 9.59 Å². The minimum atomic E-state index is -0.441. The molecule has 1 aromatic heterocycles.